The van der Waals surface area contributed by atoms with Gasteiger partial charge in [0.25, 0.3) is 5.91 Å². The zero-order valence-electron chi connectivity index (χ0n) is 24.5. The van der Waals surface area contributed by atoms with Gasteiger partial charge >= 0.3 is 0 Å². The molecule has 1 aliphatic heterocycles. The van der Waals surface area contributed by atoms with Crippen molar-refractivity contribution in [3.8, 4) is 17.6 Å². The molecule has 3 aromatic carbocycles. The van der Waals surface area contributed by atoms with Crippen LogP contribution >= 0.6 is 0 Å². The average Bonchev–Trinajstić information content (AvgIpc) is 3.43. The van der Waals surface area contributed by atoms with Gasteiger partial charge in [0.2, 0.25) is 0 Å². The van der Waals surface area contributed by atoms with Crippen LogP contribution in [0.25, 0.3) is 10.8 Å². The van der Waals surface area contributed by atoms with Gasteiger partial charge in [-0.1, -0.05) is 24.3 Å². The monoisotopic (exact) mass is 559 g/mol. The molecule has 41 heavy (non-hydrogen) atoms. The van der Waals surface area contributed by atoms with Gasteiger partial charge in [-0.15, -0.1) is 0 Å². The molecule has 2 atom stereocenters. The normalized spacial score (nSPS) is 16.6. The Labute approximate surface area is 243 Å². The van der Waals surface area contributed by atoms with Gasteiger partial charge in [-0.05, 0) is 66.9 Å². The van der Waals surface area contributed by atoms with E-state index in [2.05, 4.69) is 29.6 Å². The average molecular weight is 560 g/mol. The van der Waals surface area contributed by atoms with E-state index in [-0.39, 0.29) is 24.0 Å². The van der Waals surface area contributed by atoms with Crippen molar-refractivity contribution in [2.45, 2.75) is 38.8 Å². The van der Waals surface area contributed by atoms with Gasteiger partial charge in [0, 0.05) is 57.3 Å². The van der Waals surface area contributed by atoms with Crippen LogP contribution in [-0.2, 0) is 15.9 Å². The van der Waals surface area contributed by atoms with Crippen LogP contribution in [0, 0.1) is 17.2 Å². The van der Waals surface area contributed by atoms with Crippen molar-refractivity contribution < 1.29 is 23.7 Å². The maximum Gasteiger partial charge on any atom is 0.254 e. The summed E-state index contributed by atoms with van der Waals surface area (Å²) < 4.78 is 22.8. The second kappa shape index (κ2) is 14.8. The molecule has 1 heterocycles. The number of carbonyl (C=O) groups excluding carboxylic acids is 1. The van der Waals surface area contributed by atoms with Crippen LogP contribution in [-0.4, -0.2) is 76.6 Å². The Morgan fingerprint density at radius 3 is 2.59 bits per heavy atom. The molecular weight excluding hydrogens is 518 g/mol. The zero-order chi connectivity index (χ0) is 29.2. The molecule has 1 N–H and O–H groups in total. The lowest BCUT2D eigenvalue weighted by molar-refractivity contribution is 0.0238. The Morgan fingerprint density at radius 1 is 1.00 bits per heavy atom. The summed E-state index contributed by atoms with van der Waals surface area (Å²) in [5.74, 6) is 1.29. The third-order valence-corrected chi connectivity index (χ3v) is 7.51. The van der Waals surface area contributed by atoms with Gasteiger partial charge in [0.05, 0.1) is 38.1 Å². The first-order valence-corrected chi connectivity index (χ1v) is 14.3. The summed E-state index contributed by atoms with van der Waals surface area (Å²) in [6, 6.07) is 19.7. The molecule has 8 nitrogen and oxygen atoms in total. The van der Waals surface area contributed by atoms with Crippen molar-refractivity contribution in [3.05, 3.63) is 71.3 Å². The highest BCUT2D eigenvalue weighted by atomic mass is 16.5. The number of carbonyl (C=O) groups is 1. The molecule has 0 radical (unpaired) electrons. The fourth-order valence-corrected chi connectivity index (χ4v) is 5.19. The number of ether oxygens (including phenoxy) is 4. The number of benzene rings is 3. The molecule has 3 aromatic rings. The molecule has 1 aliphatic rings. The zero-order valence-corrected chi connectivity index (χ0v) is 24.5. The molecule has 0 bridgehead atoms. The van der Waals surface area contributed by atoms with E-state index in [4.69, 9.17) is 18.9 Å². The highest BCUT2D eigenvalue weighted by molar-refractivity contribution is 5.95. The van der Waals surface area contributed by atoms with Crippen molar-refractivity contribution in [1.82, 2.24) is 10.2 Å². The molecule has 1 amide bonds. The lowest BCUT2D eigenvalue weighted by atomic mass is 10.0. The van der Waals surface area contributed by atoms with Crippen LogP contribution < -0.4 is 14.8 Å². The van der Waals surface area contributed by atoms with Crippen molar-refractivity contribution >= 4 is 16.7 Å². The van der Waals surface area contributed by atoms with E-state index < -0.39 is 0 Å². The molecule has 0 aliphatic carbocycles. The minimum atomic E-state index is -0.0389. The minimum Gasteiger partial charge on any atom is -0.493 e. The first-order valence-electron chi connectivity index (χ1n) is 14.3. The lowest BCUT2D eigenvalue weighted by Crippen LogP contribution is -2.43. The third kappa shape index (κ3) is 7.98. The van der Waals surface area contributed by atoms with E-state index in [0.29, 0.717) is 49.0 Å². The predicted octanol–water partition coefficient (Wildman–Crippen LogP) is 4.83. The molecule has 1 fully saturated rings. The largest absolute Gasteiger partial charge is 0.493 e. The van der Waals surface area contributed by atoms with E-state index >= 15 is 0 Å². The summed E-state index contributed by atoms with van der Waals surface area (Å²) in [6.45, 7) is 7.90. The third-order valence-electron chi connectivity index (χ3n) is 7.51. The predicted molar refractivity (Wildman–Crippen MR) is 160 cm³/mol. The van der Waals surface area contributed by atoms with Crippen LogP contribution in [0.2, 0.25) is 0 Å². The van der Waals surface area contributed by atoms with E-state index in [0.717, 1.165) is 36.7 Å². The topological polar surface area (TPSA) is 93.0 Å². The SMILES string of the molecule is COCCCOc1cc(C(=O)N(C[C@@H]2CNC[C@@H]2OCCc2ccc3ccc(C#N)cc3c2)C(C)C)ccc1OC. The number of nitrogens with zero attached hydrogens (tertiary/aromatic N) is 2. The standard InChI is InChI=1S/C33H41N3O5/c1-23(2)36(33(37)27-10-11-30(39-4)31(18-27)40-14-5-13-38-3)22-29-20-35-21-32(29)41-15-12-24-6-8-26-9-7-25(19-34)17-28(26)16-24/h6-11,16-18,23,29,32,35H,5,12-15,20-22H2,1-4H3/t29-,32-/m0/s1. The first-order chi connectivity index (χ1) is 19.9. The molecule has 4 rings (SSSR count). The fourth-order valence-electron chi connectivity index (χ4n) is 5.19. The maximum atomic E-state index is 13.7. The summed E-state index contributed by atoms with van der Waals surface area (Å²) >= 11 is 0. The first kappa shape index (κ1) is 30.3. The van der Waals surface area contributed by atoms with Crippen LogP contribution in [0.15, 0.2) is 54.6 Å². The van der Waals surface area contributed by atoms with Crippen molar-refractivity contribution in [2.75, 3.05) is 53.7 Å². The summed E-state index contributed by atoms with van der Waals surface area (Å²) in [5.41, 5.74) is 2.41. The van der Waals surface area contributed by atoms with E-state index in [1.807, 2.05) is 36.9 Å². The fraction of sp³-hybridized carbons (Fsp3) is 0.455. The summed E-state index contributed by atoms with van der Waals surface area (Å²) in [7, 11) is 3.25. The Morgan fingerprint density at radius 2 is 1.83 bits per heavy atom. The van der Waals surface area contributed by atoms with Crippen molar-refractivity contribution in [1.29, 1.82) is 5.26 Å². The van der Waals surface area contributed by atoms with Crippen LogP contribution in [0.5, 0.6) is 11.5 Å². The lowest BCUT2D eigenvalue weighted by Gasteiger charge is -2.31. The minimum absolute atomic E-state index is 0.0187. The quantitative estimate of drug-likeness (QED) is 0.283. The Balaban J connectivity index is 1.37. The van der Waals surface area contributed by atoms with Crippen LogP contribution in [0.1, 0.15) is 41.8 Å². The molecule has 8 heteroatoms. The number of methoxy groups -OCH3 is 2. The summed E-state index contributed by atoms with van der Waals surface area (Å²) in [5, 5.41) is 14.8. The number of rotatable bonds is 14. The summed E-state index contributed by atoms with van der Waals surface area (Å²) in [6.07, 6.45) is 1.54. The van der Waals surface area contributed by atoms with Crippen LogP contribution in [0.3, 0.4) is 0 Å². The summed E-state index contributed by atoms with van der Waals surface area (Å²) in [4.78, 5) is 15.6. The number of hydrogen-bond acceptors (Lipinski definition) is 7. The van der Waals surface area contributed by atoms with Gasteiger partial charge in [-0.3, -0.25) is 4.79 Å². The van der Waals surface area contributed by atoms with Gasteiger partial charge in [-0.25, -0.2) is 0 Å². The molecule has 0 unspecified atom stereocenters. The van der Waals surface area contributed by atoms with Gasteiger partial charge in [-0.2, -0.15) is 5.26 Å². The molecule has 0 spiro atoms. The maximum absolute atomic E-state index is 13.7. The number of amides is 1. The second-order valence-electron chi connectivity index (χ2n) is 10.7. The van der Waals surface area contributed by atoms with E-state index in [9.17, 15) is 10.1 Å². The highest BCUT2D eigenvalue weighted by Gasteiger charge is 2.32. The molecule has 0 aromatic heterocycles. The van der Waals surface area contributed by atoms with E-state index in [1.165, 1.54) is 5.56 Å². The van der Waals surface area contributed by atoms with Crippen molar-refractivity contribution in [2.24, 2.45) is 5.92 Å². The van der Waals surface area contributed by atoms with Gasteiger partial charge in [0.1, 0.15) is 0 Å². The molecule has 0 saturated carbocycles. The Hall–Kier alpha value is -3.64. The number of nitrogens with one attached hydrogen (secondary N) is 1. The highest BCUT2D eigenvalue weighted by Crippen LogP contribution is 2.29. The van der Waals surface area contributed by atoms with Crippen molar-refractivity contribution in [3.63, 3.8) is 0 Å². The molecule has 1 saturated heterocycles. The van der Waals surface area contributed by atoms with Gasteiger partial charge < -0.3 is 29.2 Å². The number of hydrogen-bond donors (Lipinski definition) is 1. The smallest absolute Gasteiger partial charge is 0.254 e. The molecular formula is C33H41N3O5. The number of fused-ring (bicyclic) bond motifs is 1. The Bertz CT molecular complexity index is 1350. The number of nitriles is 1. The second-order valence-corrected chi connectivity index (χ2v) is 10.7. The van der Waals surface area contributed by atoms with Gasteiger partial charge in [0.15, 0.2) is 11.5 Å². The van der Waals surface area contributed by atoms with E-state index in [1.54, 1.807) is 32.4 Å². The van der Waals surface area contributed by atoms with Crippen LogP contribution in [0.4, 0.5) is 0 Å². The molecule has 218 valence electrons. The Kier molecular flexibility index (Phi) is 11.0.